The Bertz CT molecular complexity index is 295. The second-order valence-electron chi connectivity index (χ2n) is 4.59. The molecule has 0 spiro atoms. The smallest absolute Gasteiger partial charge is 0.334 e. The molecule has 1 rings (SSSR count). The number of carbonyl (C=O) groups excluding carboxylic acids is 1. The molecule has 0 aliphatic carbocycles. The number of carboxylic acid groups (broad SMARTS) is 1. The third kappa shape index (κ3) is 3.59. The maximum atomic E-state index is 11.8. The molecule has 1 heterocycles. The number of piperidine rings is 1. The number of hydrogen-bond acceptors (Lipinski definition) is 3. The Morgan fingerprint density at radius 1 is 1.47 bits per heavy atom. The number of aliphatic carboxylic acids is 1. The van der Waals surface area contributed by atoms with E-state index in [-0.39, 0.29) is 18.6 Å². The molecule has 17 heavy (non-hydrogen) atoms. The molecule has 1 fully saturated rings. The quantitative estimate of drug-likeness (QED) is 0.664. The van der Waals surface area contributed by atoms with Gasteiger partial charge in [-0.3, -0.25) is 0 Å². The van der Waals surface area contributed by atoms with E-state index in [1.807, 2.05) is 6.92 Å². The number of nitrogens with zero attached hydrogens (tertiary/aromatic N) is 1. The average Bonchev–Trinajstić information content (AvgIpc) is 2.29. The molecule has 0 bridgehead atoms. The molecular formula is C11H20N2O4. The summed E-state index contributed by atoms with van der Waals surface area (Å²) >= 11 is 0. The van der Waals surface area contributed by atoms with E-state index in [9.17, 15) is 9.59 Å². The average molecular weight is 244 g/mol. The Hall–Kier alpha value is -1.30. The van der Waals surface area contributed by atoms with Gasteiger partial charge in [0, 0.05) is 12.6 Å². The van der Waals surface area contributed by atoms with Gasteiger partial charge in [-0.25, -0.2) is 9.59 Å². The molecule has 98 valence electrons. The lowest BCUT2D eigenvalue weighted by Crippen LogP contribution is -2.52. The number of carbonyl (C=O) groups is 2. The van der Waals surface area contributed by atoms with Crippen molar-refractivity contribution >= 4 is 12.0 Å². The molecule has 1 aliphatic heterocycles. The Morgan fingerprint density at radius 2 is 2.12 bits per heavy atom. The minimum absolute atomic E-state index is 0.144. The lowest BCUT2D eigenvalue weighted by atomic mass is 9.92. The zero-order valence-electron chi connectivity index (χ0n) is 10.2. The van der Waals surface area contributed by atoms with Crippen LogP contribution in [0.2, 0.25) is 0 Å². The van der Waals surface area contributed by atoms with Crippen LogP contribution in [0.5, 0.6) is 0 Å². The van der Waals surface area contributed by atoms with Crippen molar-refractivity contribution < 1.29 is 19.8 Å². The molecule has 3 N–H and O–H groups in total. The molecule has 6 nitrogen and oxygen atoms in total. The maximum Gasteiger partial charge on any atom is 0.334 e. The van der Waals surface area contributed by atoms with Crippen LogP contribution < -0.4 is 5.32 Å². The number of likely N-dealkylation sites (tertiary alicyclic amines) is 1. The van der Waals surface area contributed by atoms with Crippen LogP contribution in [0.25, 0.3) is 0 Å². The van der Waals surface area contributed by atoms with Gasteiger partial charge in [0.25, 0.3) is 0 Å². The fourth-order valence-electron chi connectivity index (χ4n) is 1.99. The van der Waals surface area contributed by atoms with Crippen molar-refractivity contribution in [2.45, 2.75) is 38.8 Å². The van der Waals surface area contributed by atoms with Crippen LogP contribution in [0.4, 0.5) is 4.79 Å². The highest BCUT2D eigenvalue weighted by molar-refractivity contribution is 5.77. The molecule has 1 saturated heterocycles. The van der Waals surface area contributed by atoms with Crippen molar-refractivity contribution in [3.8, 4) is 0 Å². The summed E-state index contributed by atoms with van der Waals surface area (Å²) in [6.07, 6.45) is 0.514. The van der Waals surface area contributed by atoms with Gasteiger partial charge in [0.15, 0.2) is 6.10 Å². The zero-order chi connectivity index (χ0) is 13.0. The van der Waals surface area contributed by atoms with Gasteiger partial charge < -0.3 is 20.4 Å². The van der Waals surface area contributed by atoms with Gasteiger partial charge in [0.2, 0.25) is 0 Å². The summed E-state index contributed by atoms with van der Waals surface area (Å²) in [6.45, 7) is 4.50. The number of amides is 2. The number of carboxylic acids is 1. The Balaban J connectivity index is 2.44. The highest BCUT2D eigenvalue weighted by Crippen LogP contribution is 2.22. The first-order valence-corrected chi connectivity index (χ1v) is 5.88. The minimum atomic E-state index is -1.54. The maximum absolute atomic E-state index is 11.8. The van der Waals surface area contributed by atoms with Crippen LogP contribution in [0, 0.1) is 5.92 Å². The van der Waals surface area contributed by atoms with Crippen LogP contribution in [0.15, 0.2) is 0 Å². The van der Waals surface area contributed by atoms with E-state index < -0.39 is 12.1 Å². The summed E-state index contributed by atoms with van der Waals surface area (Å²) in [5.74, 6) is -0.885. The number of aliphatic hydroxyl groups is 1. The van der Waals surface area contributed by atoms with Crippen molar-refractivity contribution in [3.05, 3.63) is 0 Å². The van der Waals surface area contributed by atoms with Crippen molar-refractivity contribution in [2.75, 3.05) is 13.1 Å². The van der Waals surface area contributed by atoms with Gasteiger partial charge >= 0.3 is 12.0 Å². The fraction of sp³-hybridized carbons (Fsp3) is 0.818. The van der Waals surface area contributed by atoms with Crippen molar-refractivity contribution in [1.82, 2.24) is 10.2 Å². The summed E-state index contributed by atoms with van der Waals surface area (Å²) in [7, 11) is 0. The molecule has 2 amide bonds. The first-order chi connectivity index (χ1) is 7.93. The van der Waals surface area contributed by atoms with E-state index in [0.29, 0.717) is 12.5 Å². The number of nitrogens with one attached hydrogen (secondary N) is 1. The largest absolute Gasteiger partial charge is 0.479 e. The third-order valence-corrected chi connectivity index (χ3v) is 3.37. The van der Waals surface area contributed by atoms with Gasteiger partial charge in [0.1, 0.15) is 0 Å². The van der Waals surface area contributed by atoms with Crippen molar-refractivity contribution in [2.24, 2.45) is 5.92 Å². The number of aliphatic hydroxyl groups excluding tert-OH is 1. The standard InChI is InChI=1S/C11H20N2O4/c1-7-4-3-5-13(8(7)2)11(17)12-6-9(14)10(15)16/h7-9,14H,3-6H2,1-2H3,(H,12,17)(H,15,16)/t7?,8?,9-/m0/s1. The van der Waals surface area contributed by atoms with E-state index >= 15 is 0 Å². The zero-order valence-corrected chi connectivity index (χ0v) is 10.2. The fourth-order valence-corrected chi connectivity index (χ4v) is 1.99. The summed E-state index contributed by atoms with van der Waals surface area (Å²) in [5, 5.41) is 20.0. The molecule has 2 unspecified atom stereocenters. The molecule has 0 aromatic rings. The van der Waals surface area contributed by atoms with E-state index in [4.69, 9.17) is 10.2 Å². The summed E-state index contributed by atoms with van der Waals surface area (Å²) in [5.41, 5.74) is 0. The highest BCUT2D eigenvalue weighted by Gasteiger charge is 2.28. The first kappa shape index (κ1) is 13.8. The van der Waals surface area contributed by atoms with Gasteiger partial charge in [-0.1, -0.05) is 6.92 Å². The van der Waals surface area contributed by atoms with E-state index in [0.717, 1.165) is 12.8 Å². The van der Waals surface area contributed by atoms with Crippen LogP contribution in [-0.4, -0.2) is 52.3 Å². The minimum Gasteiger partial charge on any atom is -0.479 e. The van der Waals surface area contributed by atoms with Gasteiger partial charge in [-0.15, -0.1) is 0 Å². The van der Waals surface area contributed by atoms with Crippen LogP contribution in [0.1, 0.15) is 26.7 Å². The van der Waals surface area contributed by atoms with E-state index in [1.54, 1.807) is 4.90 Å². The lowest BCUT2D eigenvalue weighted by molar-refractivity contribution is -0.146. The highest BCUT2D eigenvalue weighted by atomic mass is 16.4. The normalized spacial score (nSPS) is 26.4. The van der Waals surface area contributed by atoms with E-state index in [1.165, 1.54) is 0 Å². The predicted molar refractivity (Wildman–Crippen MR) is 61.6 cm³/mol. The SMILES string of the molecule is CC1CCCN(C(=O)NC[C@H](O)C(=O)O)C1C. The third-order valence-electron chi connectivity index (χ3n) is 3.37. The van der Waals surface area contributed by atoms with Gasteiger partial charge in [0.05, 0.1) is 6.54 Å². The number of urea groups is 1. The molecule has 3 atom stereocenters. The Morgan fingerprint density at radius 3 is 2.71 bits per heavy atom. The molecule has 6 heteroatoms. The first-order valence-electron chi connectivity index (χ1n) is 5.88. The van der Waals surface area contributed by atoms with Gasteiger partial charge in [-0.2, -0.15) is 0 Å². The molecule has 0 radical (unpaired) electrons. The monoisotopic (exact) mass is 244 g/mol. The lowest BCUT2D eigenvalue weighted by Gasteiger charge is -2.37. The topological polar surface area (TPSA) is 89.9 Å². The van der Waals surface area contributed by atoms with Crippen LogP contribution in [-0.2, 0) is 4.79 Å². The Labute approximate surface area is 101 Å². The van der Waals surface area contributed by atoms with Crippen LogP contribution >= 0.6 is 0 Å². The number of rotatable bonds is 3. The molecule has 1 aliphatic rings. The number of hydrogen-bond donors (Lipinski definition) is 3. The predicted octanol–water partition coefficient (Wildman–Crippen LogP) is 0.262. The Kier molecular flexibility index (Phi) is 4.74. The molecular weight excluding hydrogens is 224 g/mol. The van der Waals surface area contributed by atoms with Crippen molar-refractivity contribution in [1.29, 1.82) is 0 Å². The van der Waals surface area contributed by atoms with Crippen LogP contribution in [0.3, 0.4) is 0 Å². The van der Waals surface area contributed by atoms with Gasteiger partial charge in [-0.05, 0) is 25.7 Å². The molecule has 0 saturated carbocycles. The summed E-state index contributed by atoms with van der Waals surface area (Å²) < 4.78 is 0. The summed E-state index contributed by atoms with van der Waals surface area (Å²) in [4.78, 5) is 23.9. The second-order valence-corrected chi connectivity index (χ2v) is 4.59. The van der Waals surface area contributed by atoms with E-state index in [2.05, 4.69) is 12.2 Å². The molecule has 0 aromatic heterocycles. The van der Waals surface area contributed by atoms with Crippen molar-refractivity contribution in [3.63, 3.8) is 0 Å². The molecule has 0 aromatic carbocycles. The summed E-state index contributed by atoms with van der Waals surface area (Å²) in [6, 6.07) is -0.157. The second kappa shape index (κ2) is 5.86.